The van der Waals surface area contributed by atoms with Gasteiger partial charge in [0.1, 0.15) is 0 Å². The zero-order valence-corrected chi connectivity index (χ0v) is 11.9. The molecule has 0 aromatic heterocycles. The largest absolute Gasteiger partial charge is 0.274 e. The maximum Gasteiger partial charge on any atom is 0.237 e. The number of rotatable bonds is 4. The molecule has 5 heteroatoms. The Morgan fingerprint density at radius 3 is 2.63 bits per heavy atom. The Morgan fingerprint density at radius 1 is 1.32 bits per heavy atom. The van der Waals surface area contributed by atoms with Crippen molar-refractivity contribution in [1.29, 1.82) is 0 Å². The molecule has 0 radical (unpaired) electrons. The van der Waals surface area contributed by atoms with Gasteiger partial charge in [-0.15, -0.1) is 0 Å². The summed E-state index contributed by atoms with van der Waals surface area (Å²) in [5.41, 5.74) is 1.89. The van der Waals surface area contributed by atoms with Gasteiger partial charge < -0.3 is 0 Å². The first kappa shape index (κ1) is 14.1. The average Bonchev–Trinajstić information content (AvgIpc) is 2.81. The van der Waals surface area contributed by atoms with Gasteiger partial charge in [-0.05, 0) is 25.3 Å². The summed E-state index contributed by atoms with van der Waals surface area (Å²) in [6, 6.07) is 7.52. The van der Waals surface area contributed by atoms with E-state index in [-0.39, 0.29) is 6.42 Å². The minimum atomic E-state index is -3.49. The van der Waals surface area contributed by atoms with Crippen LogP contribution in [0, 0.1) is 6.92 Å². The molecule has 0 spiro atoms. The molecule has 4 nitrogen and oxygen atoms in total. The van der Waals surface area contributed by atoms with Gasteiger partial charge >= 0.3 is 0 Å². The fourth-order valence-corrected chi connectivity index (χ4v) is 3.99. The Morgan fingerprint density at radius 2 is 2.00 bits per heavy atom. The fourth-order valence-electron chi connectivity index (χ4n) is 2.48. The minimum Gasteiger partial charge on any atom is -0.274 e. The summed E-state index contributed by atoms with van der Waals surface area (Å²) < 4.78 is 26.1. The molecule has 0 saturated heterocycles. The third-order valence-electron chi connectivity index (χ3n) is 3.44. The van der Waals surface area contributed by atoms with Crippen molar-refractivity contribution < 1.29 is 13.2 Å². The van der Waals surface area contributed by atoms with E-state index in [1.165, 1.54) is 0 Å². The highest BCUT2D eigenvalue weighted by Gasteiger charge is 2.29. The molecule has 1 saturated carbocycles. The third-order valence-corrected chi connectivity index (χ3v) is 5.31. The first-order valence-electron chi connectivity index (χ1n) is 6.57. The van der Waals surface area contributed by atoms with Crippen molar-refractivity contribution in [2.24, 2.45) is 0 Å². The number of carbonyl (C=O) groups is 1. The molecule has 19 heavy (non-hydrogen) atoms. The van der Waals surface area contributed by atoms with E-state index >= 15 is 0 Å². The second-order valence-electron chi connectivity index (χ2n) is 5.14. The van der Waals surface area contributed by atoms with E-state index in [1.54, 1.807) is 0 Å². The topological polar surface area (TPSA) is 63.2 Å². The van der Waals surface area contributed by atoms with Crippen LogP contribution in [0.15, 0.2) is 24.3 Å². The van der Waals surface area contributed by atoms with Crippen LogP contribution in [-0.2, 0) is 21.2 Å². The van der Waals surface area contributed by atoms with Gasteiger partial charge in [0.15, 0.2) is 0 Å². The molecule has 1 aromatic rings. The van der Waals surface area contributed by atoms with Crippen LogP contribution in [0.2, 0.25) is 0 Å². The normalized spacial score (nSPS) is 16.5. The highest BCUT2D eigenvalue weighted by Crippen LogP contribution is 2.23. The van der Waals surface area contributed by atoms with Crippen LogP contribution in [0.4, 0.5) is 0 Å². The molecule has 0 bridgehead atoms. The molecular formula is C14H19NO3S. The Balaban J connectivity index is 1.97. The Kier molecular flexibility index (Phi) is 4.24. The number of amides is 1. The lowest BCUT2D eigenvalue weighted by molar-refractivity contribution is -0.118. The van der Waals surface area contributed by atoms with Gasteiger partial charge in [-0.2, -0.15) is 0 Å². The summed E-state index contributed by atoms with van der Waals surface area (Å²) in [4.78, 5) is 11.8. The van der Waals surface area contributed by atoms with E-state index < -0.39 is 21.2 Å². The summed E-state index contributed by atoms with van der Waals surface area (Å²) >= 11 is 0. The van der Waals surface area contributed by atoms with Crippen LogP contribution in [0.1, 0.15) is 36.8 Å². The summed E-state index contributed by atoms with van der Waals surface area (Å²) in [7, 11) is -3.49. The van der Waals surface area contributed by atoms with Gasteiger partial charge in [0, 0.05) is 0 Å². The minimum absolute atomic E-state index is 0.105. The maximum atomic E-state index is 12.0. The Bertz CT molecular complexity index is 560. The average molecular weight is 281 g/mol. The molecule has 0 atom stereocenters. The van der Waals surface area contributed by atoms with Gasteiger partial charge in [-0.25, -0.2) is 8.42 Å². The molecule has 2 rings (SSSR count). The highest BCUT2D eigenvalue weighted by atomic mass is 32.2. The predicted molar refractivity (Wildman–Crippen MR) is 74.2 cm³/mol. The molecule has 104 valence electrons. The van der Waals surface area contributed by atoms with E-state index in [9.17, 15) is 13.2 Å². The molecule has 0 heterocycles. The Hall–Kier alpha value is -1.36. The molecule has 1 aliphatic rings. The van der Waals surface area contributed by atoms with Crippen molar-refractivity contribution in [2.45, 2.75) is 44.3 Å². The lowest BCUT2D eigenvalue weighted by Gasteiger charge is -2.12. The van der Waals surface area contributed by atoms with Crippen molar-refractivity contribution in [3.63, 3.8) is 0 Å². The third kappa shape index (κ3) is 3.80. The number of aryl methyl sites for hydroxylation is 1. The monoisotopic (exact) mass is 281 g/mol. The molecule has 1 amide bonds. The molecule has 1 N–H and O–H groups in total. The first-order valence-corrected chi connectivity index (χ1v) is 8.12. The van der Waals surface area contributed by atoms with Crippen LogP contribution in [0.3, 0.4) is 0 Å². The van der Waals surface area contributed by atoms with Gasteiger partial charge in [0.2, 0.25) is 15.9 Å². The molecule has 0 aliphatic heterocycles. The zero-order valence-electron chi connectivity index (χ0n) is 11.1. The summed E-state index contributed by atoms with van der Waals surface area (Å²) in [6.07, 6.45) is 3.28. The summed E-state index contributed by atoms with van der Waals surface area (Å²) in [6.45, 7) is 1.94. The highest BCUT2D eigenvalue weighted by molar-refractivity contribution is 7.90. The van der Waals surface area contributed by atoms with Gasteiger partial charge in [0.25, 0.3) is 0 Å². The number of carbonyl (C=O) groups excluding carboxylic acids is 1. The fraction of sp³-hybridized carbons (Fsp3) is 0.500. The number of sulfonamides is 1. The lowest BCUT2D eigenvalue weighted by atomic mass is 10.1. The van der Waals surface area contributed by atoms with Crippen molar-refractivity contribution in [3.05, 3.63) is 35.4 Å². The van der Waals surface area contributed by atoms with Crippen molar-refractivity contribution >= 4 is 15.9 Å². The van der Waals surface area contributed by atoms with Crippen LogP contribution < -0.4 is 4.72 Å². The zero-order chi connectivity index (χ0) is 13.9. The maximum absolute atomic E-state index is 12.0. The predicted octanol–water partition coefficient (Wildman–Crippen LogP) is 1.93. The second kappa shape index (κ2) is 5.74. The smallest absolute Gasteiger partial charge is 0.237 e. The number of hydrogen-bond acceptors (Lipinski definition) is 3. The van der Waals surface area contributed by atoms with Gasteiger partial charge in [-0.1, -0.05) is 42.7 Å². The van der Waals surface area contributed by atoms with Crippen LogP contribution in [0.25, 0.3) is 0 Å². The van der Waals surface area contributed by atoms with Crippen molar-refractivity contribution in [1.82, 2.24) is 4.72 Å². The first-order chi connectivity index (χ1) is 8.97. The van der Waals surface area contributed by atoms with E-state index in [2.05, 4.69) is 4.72 Å². The van der Waals surface area contributed by atoms with Gasteiger partial charge in [0.05, 0.1) is 11.7 Å². The molecule has 1 aromatic carbocycles. The summed E-state index contributed by atoms with van der Waals surface area (Å²) in [5.74, 6) is -0.447. The van der Waals surface area contributed by atoms with Crippen LogP contribution in [-0.4, -0.2) is 19.6 Å². The van der Waals surface area contributed by atoms with Crippen molar-refractivity contribution in [3.8, 4) is 0 Å². The Labute approximate surface area is 114 Å². The van der Waals surface area contributed by atoms with Crippen LogP contribution >= 0.6 is 0 Å². The number of nitrogens with one attached hydrogen (secondary N) is 1. The quantitative estimate of drug-likeness (QED) is 0.917. The standard InChI is InChI=1S/C14H19NO3S/c1-11-5-4-6-12(9-11)10-14(16)15-19(17,18)13-7-2-3-8-13/h4-6,9,13H,2-3,7-8,10H2,1H3,(H,15,16). The van der Waals surface area contributed by atoms with E-state index in [1.807, 2.05) is 31.2 Å². The molecule has 1 aliphatic carbocycles. The lowest BCUT2D eigenvalue weighted by Crippen LogP contribution is -2.38. The SMILES string of the molecule is Cc1cccc(CC(=O)NS(=O)(=O)C2CCCC2)c1. The molecule has 0 unspecified atom stereocenters. The molecular weight excluding hydrogens is 262 g/mol. The summed E-state index contributed by atoms with van der Waals surface area (Å²) in [5, 5.41) is -0.394. The number of benzene rings is 1. The van der Waals surface area contributed by atoms with E-state index in [0.717, 1.165) is 24.0 Å². The van der Waals surface area contributed by atoms with E-state index in [4.69, 9.17) is 0 Å². The second-order valence-corrected chi connectivity index (χ2v) is 7.10. The van der Waals surface area contributed by atoms with Crippen molar-refractivity contribution in [2.75, 3.05) is 0 Å². The van der Waals surface area contributed by atoms with Gasteiger partial charge in [-0.3, -0.25) is 9.52 Å². The molecule has 1 fully saturated rings. The number of hydrogen-bond donors (Lipinski definition) is 1. The van der Waals surface area contributed by atoms with Crippen LogP contribution in [0.5, 0.6) is 0 Å². The van der Waals surface area contributed by atoms with E-state index in [0.29, 0.717) is 12.8 Å².